The summed E-state index contributed by atoms with van der Waals surface area (Å²) in [5.74, 6) is -0.349. The van der Waals surface area contributed by atoms with Gasteiger partial charge in [0.05, 0.1) is 9.40 Å². The Labute approximate surface area is 128 Å². The Morgan fingerprint density at radius 1 is 1.19 bits per heavy atom. The lowest BCUT2D eigenvalue weighted by atomic mass is 10.2. The van der Waals surface area contributed by atoms with Crippen LogP contribution in [0.1, 0.15) is 5.56 Å². The zero-order valence-corrected chi connectivity index (χ0v) is 12.4. The highest BCUT2D eigenvalue weighted by Gasteiger charge is 2.16. The number of nitro benzene ring substituents is 1. The van der Waals surface area contributed by atoms with Crippen molar-refractivity contribution >= 4 is 32.5 Å². The number of rotatable bonds is 3. The molecule has 0 bridgehead atoms. The van der Waals surface area contributed by atoms with Crippen LogP contribution in [0.25, 0.3) is 10.9 Å². The summed E-state index contributed by atoms with van der Waals surface area (Å²) in [6.45, 7) is 0.354. The largest absolute Gasteiger partial charge is 0.337 e. The number of aromatic nitrogens is 1. The monoisotopic (exact) mass is 348 g/mol. The quantitative estimate of drug-likeness (QED) is 0.516. The molecule has 0 fully saturated rings. The first-order chi connectivity index (χ1) is 10.1. The van der Waals surface area contributed by atoms with Gasteiger partial charge in [0.25, 0.3) is 5.69 Å². The minimum atomic E-state index is -0.403. The molecule has 0 aliphatic heterocycles. The first kappa shape index (κ1) is 13.8. The lowest BCUT2D eigenvalue weighted by Gasteiger charge is -2.08. The van der Waals surface area contributed by atoms with Crippen molar-refractivity contribution in [2.75, 3.05) is 0 Å². The highest BCUT2D eigenvalue weighted by atomic mass is 79.9. The number of fused-ring (bicyclic) bond motifs is 1. The molecule has 1 heterocycles. The van der Waals surface area contributed by atoms with Gasteiger partial charge in [0.1, 0.15) is 11.3 Å². The smallest absolute Gasteiger partial charge is 0.293 e. The molecular formula is C15H10BrFN2O2. The fraction of sp³-hybridized carbons (Fsp3) is 0.0667. The maximum absolute atomic E-state index is 13.6. The van der Waals surface area contributed by atoms with Gasteiger partial charge >= 0.3 is 0 Å². The normalized spacial score (nSPS) is 11.0. The van der Waals surface area contributed by atoms with Crippen LogP contribution in [0.4, 0.5) is 10.1 Å². The van der Waals surface area contributed by atoms with E-state index in [1.165, 1.54) is 12.1 Å². The zero-order chi connectivity index (χ0) is 15.0. The van der Waals surface area contributed by atoms with Crippen LogP contribution in [0.3, 0.4) is 0 Å². The number of hydrogen-bond acceptors (Lipinski definition) is 2. The molecule has 21 heavy (non-hydrogen) atoms. The van der Waals surface area contributed by atoms with Crippen molar-refractivity contribution in [1.29, 1.82) is 0 Å². The van der Waals surface area contributed by atoms with Crippen LogP contribution in [0.15, 0.2) is 53.1 Å². The average molecular weight is 349 g/mol. The van der Waals surface area contributed by atoms with Crippen LogP contribution >= 0.6 is 15.9 Å². The minimum Gasteiger partial charge on any atom is -0.337 e. The van der Waals surface area contributed by atoms with E-state index in [1.807, 2.05) is 12.1 Å². The van der Waals surface area contributed by atoms with Crippen molar-refractivity contribution in [3.05, 3.63) is 74.6 Å². The van der Waals surface area contributed by atoms with Crippen molar-refractivity contribution in [1.82, 2.24) is 4.57 Å². The van der Waals surface area contributed by atoms with E-state index < -0.39 is 4.92 Å². The Balaban J connectivity index is 2.13. The van der Waals surface area contributed by atoms with Crippen LogP contribution in [0, 0.1) is 15.9 Å². The van der Waals surface area contributed by atoms with Gasteiger partial charge in [0.15, 0.2) is 0 Å². The maximum atomic E-state index is 13.6. The molecule has 0 atom stereocenters. The van der Waals surface area contributed by atoms with Gasteiger partial charge in [-0.25, -0.2) is 4.39 Å². The second kappa shape index (κ2) is 5.29. The van der Waals surface area contributed by atoms with E-state index in [1.54, 1.807) is 29.0 Å². The van der Waals surface area contributed by atoms with Crippen LogP contribution in [0.5, 0.6) is 0 Å². The third-order valence-corrected chi connectivity index (χ3v) is 4.22. The molecule has 0 radical (unpaired) electrons. The lowest BCUT2D eigenvalue weighted by Crippen LogP contribution is -2.02. The summed E-state index contributed by atoms with van der Waals surface area (Å²) >= 11 is 3.22. The molecule has 0 N–H and O–H groups in total. The summed E-state index contributed by atoms with van der Waals surface area (Å²) in [7, 11) is 0. The molecule has 4 nitrogen and oxygen atoms in total. The highest BCUT2D eigenvalue weighted by Crippen LogP contribution is 2.28. The zero-order valence-electron chi connectivity index (χ0n) is 10.8. The summed E-state index contributed by atoms with van der Waals surface area (Å²) in [5.41, 5.74) is 1.31. The fourth-order valence-corrected chi connectivity index (χ4v) is 2.76. The van der Waals surface area contributed by atoms with E-state index in [0.717, 1.165) is 10.9 Å². The average Bonchev–Trinajstić information content (AvgIpc) is 2.87. The molecule has 6 heteroatoms. The third-order valence-electron chi connectivity index (χ3n) is 3.34. The van der Waals surface area contributed by atoms with Crippen LogP contribution in [0.2, 0.25) is 0 Å². The van der Waals surface area contributed by atoms with Gasteiger partial charge in [-0.1, -0.05) is 24.3 Å². The molecule has 3 aromatic rings. The predicted octanol–water partition coefficient (Wildman–Crippen LogP) is 4.50. The standard InChI is InChI=1S/C15H10BrFN2O2/c16-14-11(4-1-5-12(14)17)9-18-8-7-10-3-2-6-13(15(10)18)19(20)21/h1-8H,9H2. The van der Waals surface area contributed by atoms with Gasteiger partial charge in [0.2, 0.25) is 0 Å². The molecule has 0 spiro atoms. The van der Waals surface area contributed by atoms with E-state index in [-0.39, 0.29) is 11.5 Å². The highest BCUT2D eigenvalue weighted by molar-refractivity contribution is 9.10. The second-order valence-corrected chi connectivity index (χ2v) is 5.42. The molecule has 3 rings (SSSR count). The van der Waals surface area contributed by atoms with E-state index >= 15 is 0 Å². The summed E-state index contributed by atoms with van der Waals surface area (Å²) < 4.78 is 15.7. The molecule has 0 saturated carbocycles. The topological polar surface area (TPSA) is 48.1 Å². The number of nitro groups is 1. The lowest BCUT2D eigenvalue weighted by molar-refractivity contribution is -0.383. The SMILES string of the molecule is O=[N+]([O-])c1cccc2ccn(Cc3cccc(F)c3Br)c12. The van der Waals surface area contributed by atoms with E-state index in [2.05, 4.69) is 15.9 Å². The van der Waals surface area contributed by atoms with Crippen molar-refractivity contribution in [3.8, 4) is 0 Å². The molecule has 0 aliphatic carbocycles. The third kappa shape index (κ3) is 2.42. The summed E-state index contributed by atoms with van der Waals surface area (Å²) in [5, 5.41) is 12.0. The van der Waals surface area contributed by atoms with E-state index in [9.17, 15) is 14.5 Å². The summed E-state index contributed by atoms with van der Waals surface area (Å²) in [6.07, 6.45) is 1.77. The van der Waals surface area contributed by atoms with Gasteiger partial charge in [-0.05, 0) is 33.6 Å². The van der Waals surface area contributed by atoms with Gasteiger partial charge in [0, 0.05) is 24.2 Å². The summed E-state index contributed by atoms with van der Waals surface area (Å²) in [4.78, 5) is 10.8. The molecule has 0 unspecified atom stereocenters. The first-order valence-electron chi connectivity index (χ1n) is 6.23. The Hall–Kier alpha value is -2.21. The van der Waals surface area contributed by atoms with E-state index in [0.29, 0.717) is 16.5 Å². The fourth-order valence-electron chi connectivity index (χ4n) is 2.37. The Kier molecular flexibility index (Phi) is 3.47. The molecule has 1 aromatic heterocycles. The molecular weight excluding hydrogens is 339 g/mol. The first-order valence-corrected chi connectivity index (χ1v) is 7.02. The van der Waals surface area contributed by atoms with Gasteiger partial charge in [-0.15, -0.1) is 0 Å². The maximum Gasteiger partial charge on any atom is 0.293 e. The van der Waals surface area contributed by atoms with Crippen molar-refractivity contribution in [2.45, 2.75) is 6.54 Å². The molecule has 0 aliphatic rings. The molecule has 0 amide bonds. The van der Waals surface area contributed by atoms with Gasteiger partial charge in [-0.2, -0.15) is 0 Å². The van der Waals surface area contributed by atoms with Crippen LogP contribution in [-0.2, 0) is 6.54 Å². The number of nitrogens with zero attached hydrogens (tertiary/aromatic N) is 2. The number of hydrogen-bond donors (Lipinski definition) is 0. The number of non-ortho nitro benzene ring substituents is 1. The van der Waals surface area contributed by atoms with Crippen molar-refractivity contribution < 1.29 is 9.31 Å². The Morgan fingerprint density at radius 3 is 2.71 bits per heavy atom. The molecule has 0 saturated heterocycles. The van der Waals surface area contributed by atoms with Crippen molar-refractivity contribution in [2.24, 2.45) is 0 Å². The Morgan fingerprint density at radius 2 is 1.95 bits per heavy atom. The number of para-hydroxylation sites is 1. The summed E-state index contributed by atoms with van der Waals surface area (Å²) in [6, 6.07) is 11.5. The molecule has 2 aromatic carbocycles. The number of benzene rings is 2. The number of halogens is 2. The predicted molar refractivity (Wildman–Crippen MR) is 81.8 cm³/mol. The van der Waals surface area contributed by atoms with Crippen molar-refractivity contribution in [3.63, 3.8) is 0 Å². The Bertz CT molecular complexity index is 845. The van der Waals surface area contributed by atoms with Crippen LogP contribution < -0.4 is 0 Å². The second-order valence-electron chi connectivity index (χ2n) is 4.63. The molecule has 106 valence electrons. The van der Waals surface area contributed by atoms with Gasteiger partial charge < -0.3 is 4.57 Å². The minimum absolute atomic E-state index is 0.0463. The van der Waals surface area contributed by atoms with Gasteiger partial charge in [-0.3, -0.25) is 10.1 Å². The van der Waals surface area contributed by atoms with E-state index in [4.69, 9.17) is 0 Å². The van der Waals surface area contributed by atoms with Crippen LogP contribution in [-0.4, -0.2) is 9.49 Å².